The van der Waals surface area contributed by atoms with Gasteiger partial charge in [0.05, 0.1) is 0 Å². The van der Waals surface area contributed by atoms with Crippen LogP contribution < -0.4 is 5.32 Å². The zero-order valence-corrected chi connectivity index (χ0v) is 11.0. The minimum absolute atomic E-state index is 0.0792. The number of halogens is 1. The predicted molar refractivity (Wildman–Crippen MR) is 75.0 cm³/mol. The quantitative estimate of drug-likeness (QED) is 0.775. The molecule has 18 heavy (non-hydrogen) atoms. The van der Waals surface area contributed by atoms with E-state index in [-0.39, 0.29) is 5.91 Å². The van der Waals surface area contributed by atoms with Gasteiger partial charge in [0.25, 0.3) is 0 Å². The van der Waals surface area contributed by atoms with Crippen molar-refractivity contribution in [3.63, 3.8) is 0 Å². The molecule has 4 heteroatoms. The van der Waals surface area contributed by atoms with Gasteiger partial charge in [0.15, 0.2) is 0 Å². The molecule has 0 saturated heterocycles. The fourth-order valence-electron chi connectivity index (χ4n) is 1.99. The molecular formula is C14H17ClN2O. The Morgan fingerprint density at radius 3 is 3.00 bits per heavy atom. The van der Waals surface area contributed by atoms with E-state index in [0.717, 1.165) is 18.4 Å². The smallest absolute Gasteiger partial charge is 0.220 e. The summed E-state index contributed by atoms with van der Waals surface area (Å²) in [5.41, 5.74) is 2.38. The number of nitrogens with one attached hydrogen (secondary N) is 2. The first kappa shape index (κ1) is 13.0. The normalized spacial score (nSPS) is 10.7. The number of hydrogen-bond donors (Lipinski definition) is 2. The van der Waals surface area contributed by atoms with Crippen LogP contribution in [0.2, 0.25) is 0 Å². The van der Waals surface area contributed by atoms with Crippen molar-refractivity contribution in [2.24, 2.45) is 0 Å². The molecule has 0 atom stereocenters. The average molecular weight is 265 g/mol. The fourth-order valence-corrected chi connectivity index (χ4v) is 2.12. The van der Waals surface area contributed by atoms with Gasteiger partial charge in [-0.05, 0) is 24.5 Å². The predicted octanol–water partition coefficient (Wildman–Crippen LogP) is 2.85. The molecule has 0 aliphatic carbocycles. The molecule has 96 valence electrons. The molecule has 3 nitrogen and oxygen atoms in total. The number of carbonyl (C=O) groups excluding carboxylic acids is 1. The van der Waals surface area contributed by atoms with Crippen molar-refractivity contribution in [1.82, 2.24) is 10.3 Å². The van der Waals surface area contributed by atoms with Gasteiger partial charge in [-0.15, -0.1) is 11.6 Å². The Hall–Kier alpha value is -1.48. The first-order chi connectivity index (χ1) is 8.81. The van der Waals surface area contributed by atoms with Crippen molar-refractivity contribution in [3.05, 3.63) is 36.0 Å². The van der Waals surface area contributed by atoms with Crippen LogP contribution >= 0.6 is 11.6 Å². The van der Waals surface area contributed by atoms with Gasteiger partial charge in [-0.3, -0.25) is 4.79 Å². The maximum Gasteiger partial charge on any atom is 0.220 e. The van der Waals surface area contributed by atoms with Crippen LogP contribution in [-0.2, 0) is 11.2 Å². The van der Waals surface area contributed by atoms with Crippen LogP contribution in [0.4, 0.5) is 0 Å². The summed E-state index contributed by atoms with van der Waals surface area (Å²) in [4.78, 5) is 14.6. The van der Waals surface area contributed by atoms with Gasteiger partial charge in [0, 0.05) is 35.9 Å². The van der Waals surface area contributed by atoms with Crippen molar-refractivity contribution in [3.8, 4) is 0 Å². The summed E-state index contributed by atoms with van der Waals surface area (Å²) in [6.07, 6.45) is 4.10. The number of para-hydroxylation sites is 1. The van der Waals surface area contributed by atoms with E-state index in [1.54, 1.807) is 0 Å². The number of rotatable bonds is 6. The van der Waals surface area contributed by atoms with Crippen LogP contribution in [0.25, 0.3) is 10.9 Å². The number of carbonyl (C=O) groups is 1. The maximum absolute atomic E-state index is 11.4. The monoisotopic (exact) mass is 264 g/mol. The molecule has 1 aromatic heterocycles. The lowest BCUT2D eigenvalue weighted by molar-refractivity contribution is -0.121. The molecule has 1 amide bonds. The molecule has 0 fully saturated rings. The zero-order valence-electron chi connectivity index (χ0n) is 10.2. The second kappa shape index (κ2) is 6.45. The molecule has 0 unspecified atom stereocenters. The van der Waals surface area contributed by atoms with Crippen molar-refractivity contribution in [2.45, 2.75) is 19.3 Å². The summed E-state index contributed by atoms with van der Waals surface area (Å²) in [5.74, 6) is 0.617. The van der Waals surface area contributed by atoms with E-state index >= 15 is 0 Å². The zero-order chi connectivity index (χ0) is 12.8. The Kier molecular flexibility index (Phi) is 4.65. The molecule has 0 saturated carbocycles. The lowest BCUT2D eigenvalue weighted by atomic mass is 10.1. The molecule has 1 aromatic carbocycles. The maximum atomic E-state index is 11.4. The lowest BCUT2D eigenvalue weighted by Crippen LogP contribution is -2.25. The molecular weight excluding hydrogens is 248 g/mol. The van der Waals surface area contributed by atoms with E-state index in [0.29, 0.717) is 18.8 Å². The summed E-state index contributed by atoms with van der Waals surface area (Å²) in [5, 5.41) is 4.14. The van der Waals surface area contributed by atoms with Crippen LogP contribution in [0.15, 0.2) is 30.5 Å². The summed E-state index contributed by atoms with van der Waals surface area (Å²) < 4.78 is 0. The van der Waals surface area contributed by atoms with Crippen LogP contribution in [0.5, 0.6) is 0 Å². The minimum atomic E-state index is 0.0792. The first-order valence-corrected chi connectivity index (χ1v) is 6.72. The average Bonchev–Trinajstić information content (AvgIpc) is 2.80. The number of fused-ring (bicyclic) bond motifs is 1. The molecule has 0 spiro atoms. The fraction of sp³-hybridized carbons (Fsp3) is 0.357. The third kappa shape index (κ3) is 3.26. The van der Waals surface area contributed by atoms with E-state index < -0.39 is 0 Å². The number of amides is 1. The number of aromatic amines is 1. The number of hydrogen-bond acceptors (Lipinski definition) is 1. The Balaban J connectivity index is 1.85. The molecule has 0 aliphatic rings. The third-order valence-electron chi connectivity index (χ3n) is 2.93. The summed E-state index contributed by atoms with van der Waals surface area (Å²) in [6.45, 7) is 0.670. The van der Waals surface area contributed by atoms with Crippen LogP contribution in [0, 0.1) is 0 Å². The molecule has 2 aromatic rings. The van der Waals surface area contributed by atoms with E-state index in [1.165, 1.54) is 10.9 Å². The standard InChI is InChI=1S/C14H17ClN2O/c15-8-3-6-14(18)16-9-7-11-10-17-13-5-2-1-4-12(11)13/h1-2,4-5,10,17H,3,6-9H2,(H,16,18). The second-order valence-corrected chi connectivity index (χ2v) is 4.63. The Morgan fingerprint density at radius 2 is 2.17 bits per heavy atom. The summed E-state index contributed by atoms with van der Waals surface area (Å²) >= 11 is 5.54. The van der Waals surface area contributed by atoms with Gasteiger partial charge >= 0.3 is 0 Å². The molecule has 2 rings (SSSR count). The molecule has 2 N–H and O–H groups in total. The molecule has 0 aliphatic heterocycles. The topological polar surface area (TPSA) is 44.9 Å². The highest BCUT2D eigenvalue weighted by Gasteiger charge is 2.04. The van der Waals surface area contributed by atoms with E-state index in [4.69, 9.17) is 11.6 Å². The summed E-state index contributed by atoms with van der Waals surface area (Å²) in [6, 6.07) is 8.18. The SMILES string of the molecule is O=C(CCCCl)NCCc1c[nH]c2ccccc12. The van der Waals surface area contributed by atoms with Crippen molar-refractivity contribution in [1.29, 1.82) is 0 Å². The second-order valence-electron chi connectivity index (χ2n) is 4.25. The van der Waals surface area contributed by atoms with Gasteiger partial charge < -0.3 is 10.3 Å². The van der Waals surface area contributed by atoms with Gasteiger partial charge in [0.1, 0.15) is 0 Å². The van der Waals surface area contributed by atoms with Crippen LogP contribution in [0.1, 0.15) is 18.4 Å². The third-order valence-corrected chi connectivity index (χ3v) is 3.20. The van der Waals surface area contributed by atoms with Gasteiger partial charge in [-0.1, -0.05) is 18.2 Å². The number of alkyl halides is 1. The highest BCUT2D eigenvalue weighted by Crippen LogP contribution is 2.17. The largest absolute Gasteiger partial charge is 0.361 e. The lowest BCUT2D eigenvalue weighted by Gasteiger charge is -2.03. The minimum Gasteiger partial charge on any atom is -0.361 e. The van der Waals surface area contributed by atoms with Gasteiger partial charge in [-0.2, -0.15) is 0 Å². The highest BCUT2D eigenvalue weighted by molar-refractivity contribution is 6.17. The number of aromatic nitrogens is 1. The van der Waals surface area contributed by atoms with Gasteiger partial charge in [-0.25, -0.2) is 0 Å². The van der Waals surface area contributed by atoms with Crippen LogP contribution in [0.3, 0.4) is 0 Å². The van der Waals surface area contributed by atoms with Crippen molar-refractivity contribution < 1.29 is 4.79 Å². The summed E-state index contributed by atoms with van der Waals surface area (Å²) in [7, 11) is 0. The van der Waals surface area contributed by atoms with Crippen molar-refractivity contribution in [2.75, 3.05) is 12.4 Å². The molecule has 1 heterocycles. The first-order valence-electron chi connectivity index (χ1n) is 6.19. The number of benzene rings is 1. The van der Waals surface area contributed by atoms with Crippen molar-refractivity contribution >= 4 is 28.4 Å². The highest BCUT2D eigenvalue weighted by atomic mass is 35.5. The molecule has 0 radical (unpaired) electrons. The molecule has 0 bridgehead atoms. The van der Waals surface area contributed by atoms with Crippen LogP contribution in [-0.4, -0.2) is 23.3 Å². The van der Waals surface area contributed by atoms with E-state index in [1.807, 2.05) is 18.3 Å². The Morgan fingerprint density at radius 1 is 1.33 bits per heavy atom. The Labute approximate surface area is 112 Å². The van der Waals surface area contributed by atoms with E-state index in [9.17, 15) is 4.79 Å². The Bertz CT molecular complexity index is 521. The van der Waals surface area contributed by atoms with Gasteiger partial charge in [0.2, 0.25) is 5.91 Å². The number of H-pyrrole nitrogens is 1. The van der Waals surface area contributed by atoms with E-state index in [2.05, 4.69) is 22.4 Å².